The Kier molecular flexibility index (Phi) is 6.96. The first-order valence-electron chi connectivity index (χ1n) is 9.26. The first kappa shape index (κ1) is 19.5. The Morgan fingerprint density at radius 2 is 1.85 bits per heavy atom. The van der Waals surface area contributed by atoms with Crippen molar-refractivity contribution in [1.82, 2.24) is 10.2 Å². The number of carbonyl (C=O) groups is 1. The summed E-state index contributed by atoms with van der Waals surface area (Å²) < 4.78 is 5.14. The second-order valence-corrected chi connectivity index (χ2v) is 7.12. The standard InChI is InChI=1S/C21H26ClN3O2/c1-27-20-7-5-17(6-8-20)16-23-21(26)9-10-24-11-13-25(14-12-24)19-4-2-3-18(22)15-19/h2-8,15H,9-14,16H2,1H3,(H,23,26). The molecule has 0 aliphatic carbocycles. The second kappa shape index (κ2) is 9.62. The Morgan fingerprint density at radius 3 is 2.52 bits per heavy atom. The maximum atomic E-state index is 12.1. The van der Waals surface area contributed by atoms with E-state index in [1.165, 1.54) is 5.69 Å². The number of nitrogens with zero attached hydrogens (tertiary/aromatic N) is 2. The van der Waals surface area contributed by atoms with Crippen LogP contribution in [0.5, 0.6) is 5.75 Å². The quantitative estimate of drug-likeness (QED) is 0.792. The number of halogens is 1. The molecule has 27 heavy (non-hydrogen) atoms. The zero-order valence-corrected chi connectivity index (χ0v) is 16.4. The van der Waals surface area contributed by atoms with Crippen molar-refractivity contribution < 1.29 is 9.53 Å². The Morgan fingerprint density at radius 1 is 1.11 bits per heavy atom. The van der Waals surface area contributed by atoms with Crippen LogP contribution in [0, 0.1) is 0 Å². The summed E-state index contributed by atoms with van der Waals surface area (Å²) in [6.45, 7) is 5.15. The molecule has 1 heterocycles. The van der Waals surface area contributed by atoms with E-state index in [2.05, 4.69) is 21.2 Å². The highest BCUT2D eigenvalue weighted by Gasteiger charge is 2.17. The maximum absolute atomic E-state index is 12.1. The van der Waals surface area contributed by atoms with E-state index in [9.17, 15) is 4.79 Å². The van der Waals surface area contributed by atoms with Gasteiger partial charge in [0, 0.05) is 56.4 Å². The van der Waals surface area contributed by atoms with Crippen LogP contribution in [-0.2, 0) is 11.3 Å². The summed E-state index contributed by atoms with van der Waals surface area (Å²) in [5, 5.41) is 3.75. The summed E-state index contributed by atoms with van der Waals surface area (Å²) >= 11 is 6.08. The van der Waals surface area contributed by atoms with Crippen LogP contribution in [-0.4, -0.2) is 50.6 Å². The molecule has 5 nitrogen and oxygen atoms in total. The summed E-state index contributed by atoms with van der Waals surface area (Å²) in [6, 6.07) is 15.7. The zero-order valence-electron chi connectivity index (χ0n) is 15.7. The topological polar surface area (TPSA) is 44.8 Å². The average Bonchev–Trinajstić information content (AvgIpc) is 2.71. The number of anilines is 1. The van der Waals surface area contributed by atoms with Crippen LogP contribution >= 0.6 is 11.6 Å². The summed E-state index contributed by atoms with van der Waals surface area (Å²) in [5.74, 6) is 0.907. The highest BCUT2D eigenvalue weighted by atomic mass is 35.5. The summed E-state index contributed by atoms with van der Waals surface area (Å²) in [4.78, 5) is 16.8. The molecule has 1 aliphatic rings. The SMILES string of the molecule is COc1ccc(CNC(=O)CCN2CCN(c3cccc(Cl)c3)CC2)cc1. The summed E-state index contributed by atoms with van der Waals surface area (Å²) in [7, 11) is 1.64. The fourth-order valence-electron chi connectivity index (χ4n) is 3.19. The lowest BCUT2D eigenvalue weighted by Crippen LogP contribution is -2.47. The van der Waals surface area contributed by atoms with E-state index in [1.54, 1.807) is 7.11 Å². The van der Waals surface area contributed by atoms with Crippen molar-refractivity contribution >= 4 is 23.2 Å². The van der Waals surface area contributed by atoms with Crippen LogP contribution in [0.2, 0.25) is 5.02 Å². The molecule has 1 amide bonds. The maximum Gasteiger partial charge on any atom is 0.221 e. The summed E-state index contributed by atoms with van der Waals surface area (Å²) in [6.07, 6.45) is 0.521. The molecular formula is C21H26ClN3O2. The average molecular weight is 388 g/mol. The van der Waals surface area contributed by atoms with Gasteiger partial charge in [-0.1, -0.05) is 29.8 Å². The van der Waals surface area contributed by atoms with Crippen LogP contribution in [0.3, 0.4) is 0 Å². The van der Waals surface area contributed by atoms with Gasteiger partial charge in [-0.25, -0.2) is 0 Å². The molecular weight excluding hydrogens is 362 g/mol. The molecule has 0 bridgehead atoms. The molecule has 2 aromatic rings. The van der Waals surface area contributed by atoms with Crippen molar-refractivity contribution in [3.05, 3.63) is 59.1 Å². The van der Waals surface area contributed by atoms with Crippen molar-refractivity contribution in [3.8, 4) is 5.75 Å². The fourth-order valence-corrected chi connectivity index (χ4v) is 3.38. The molecule has 0 saturated carbocycles. The number of hydrogen-bond donors (Lipinski definition) is 1. The third-order valence-corrected chi connectivity index (χ3v) is 5.08. The lowest BCUT2D eigenvalue weighted by molar-refractivity contribution is -0.121. The van der Waals surface area contributed by atoms with E-state index >= 15 is 0 Å². The van der Waals surface area contributed by atoms with E-state index in [1.807, 2.05) is 42.5 Å². The molecule has 2 aromatic carbocycles. The van der Waals surface area contributed by atoms with Crippen molar-refractivity contribution in [3.63, 3.8) is 0 Å². The molecule has 144 valence electrons. The van der Waals surface area contributed by atoms with Gasteiger partial charge in [0.25, 0.3) is 0 Å². The largest absolute Gasteiger partial charge is 0.497 e. The van der Waals surface area contributed by atoms with Crippen LogP contribution in [0.1, 0.15) is 12.0 Å². The smallest absolute Gasteiger partial charge is 0.221 e. The molecule has 1 N–H and O–H groups in total. The van der Waals surface area contributed by atoms with Gasteiger partial charge in [0.05, 0.1) is 7.11 Å². The molecule has 0 atom stereocenters. The minimum Gasteiger partial charge on any atom is -0.497 e. The number of piperazine rings is 1. The molecule has 3 rings (SSSR count). The molecule has 1 fully saturated rings. The Labute approximate surface area is 165 Å². The van der Waals surface area contributed by atoms with Gasteiger partial charge in [0.1, 0.15) is 5.75 Å². The van der Waals surface area contributed by atoms with Gasteiger partial charge in [-0.15, -0.1) is 0 Å². The van der Waals surface area contributed by atoms with E-state index in [4.69, 9.17) is 16.3 Å². The molecule has 0 unspecified atom stereocenters. The second-order valence-electron chi connectivity index (χ2n) is 6.68. The summed E-state index contributed by atoms with van der Waals surface area (Å²) in [5.41, 5.74) is 2.23. The van der Waals surface area contributed by atoms with Crippen molar-refractivity contribution in [1.29, 1.82) is 0 Å². The molecule has 1 saturated heterocycles. The lowest BCUT2D eigenvalue weighted by atomic mass is 10.2. The van der Waals surface area contributed by atoms with Crippen LogP contribution < -0.4 is 15.0 Å². The van der Waals surface area contributed by atoms with Crippen molar-refractivity contribution in [2.45, 2.75) is 13.0 Å². The number of nitrogens with one attached hydrogen (secondary N) is 1. The number of rotatable bonds is 7. The predicted molar refractivity (Wildman–Crippen MR) is 110 cm³/mol. The highest BCUT2D eigenvalue weighted by molar-refractivity contribution is 6.30. The van der Waals surface area contributed by atoms with Crippen molar-refractivity contribution in [2.24, 2.45) is 0 Å². The zero-order chi connectivity index (χ0) is 19.1. The highest BCUT2D eigenvalue weighted by Crippen LogP contribution is 2.20. The molecule has 0 spiro atoms. The van der Waals surface area contributed by atoms with E-state index in [-0.39, 0.29) is 5.91 Å². The minimum atomic E-state index is 0.0862. The molecule has 0 radical (unpaired) electrons. The number of amides is 1. The Bertz CT molecular complexity index is 743. The van der Waals surface area contributed by atoms with Crippen LogP contribution in [0.15, 0.2) is 48.5 Å². The van der Waals surface area contributed by atoms with Crippen LogP contribution in [0.25, 0.3) is 0 Å². The molecule has 6 heteroatoms. The lowest BCUT2D eigenvalue weighted by Gasteiger charge is -2.36. The number of hydrogen-bond acceptors (Lipinski definition) is 4. The van der Waals surface area contributed by atoms with E-state index in [0.717, 1.165) is 49.1 Å². The van der Waals surface area contributed by atoms with Gasteiger partial charge in [0.2, 0.25) is 5.91 Å². The van der Waals surface area contributed by atoms with Gasteiger partial charge >= 0.3 is 0 Å². The fraction of sp³-hybridized carbons (Fsp3) is 0.381. The number of benzene rings is 2. The van der Waals surface area contributed by atoms with Gasteiger partial charge in [0.15, 0.2) is 0 Å². The molecule has 1 aliphatic heterocycles. The van der Waals surface area contributed by atoms with Gasteiger partial charge in [-0.05, 0) is 35.9 Å². The van der Waals surface area contributed by atoms with Gasteiger partial charge in [-0.3, -0.25) is 9.69 Å². The third kappa shape index (κ3) is 5.88. The van der Waals surface area contributed by atoms with Crippen molar-refractivity contribution in [2.75, 3.05) is 44.7 Å². The van der Waals surface area contributed by atoms with Gasteiger partial charge < -0.3 is 15.0 Å². The first-order valence-corrected chi connectivity index (χ1v) is 9.64. The predicted octanol–water partition coefficient (Wildman–Crippen LogP) is 3.18. The Hall–Kier alpha value is -2.24. The van der Waals surface area contributed by atoms with Gasteiger partial charge in [-0.2, -0.15) is 0 Å². The monoisotopic (exact) mass is 387 g/mol. The number of carbonyl (C=O) groups excluding carboxylic acids is 1. The normalized spacial score (nSPS) is 14.8. The van der Waals surface area contributed by atoms with E-state index < -0.39 is 0 Å². The number of methoxy groups -OCH3 is 1. The minimum absolute atomic E-state index is 0.0862. The third-order valence-electron chi connectivity index (χ3n) is 4.85. The van der Waals surface area contributed by atoms with E-state index in [0.29, 0.717) is 13.0 Å². The Balaban J connectivity index is 1.36. The van der Waals surface area contributed by atoms with Crippen LogP contribution in [0.4, 0.5) is 5.69 Å². The number of ether oxygens (including phenoxy) is 1. The molecule has 0 aromatic heterocycles. The first-order chi connectivity index (χ1) is 13.1.